The fourth-order valence-corrected chi connectivity index (χ4v) is 2.69. The Hall–Kier alpha value is -1.07. The highest BCUT2D eigenvalue weighted by atomic mass is 19.2. The summed E-state index contributed by atoms with van der Waals surface area (Å²) in [7, 11) is 0. The van der Waals surface area contributed by atoms with E-state index in [0.29, 0.717) is 18.2 Å². The van der Waals surface area contributed by atoms with E-state index in [-0.39, 0.29) is 6.61 Å². The molecule has 1 fully saturated rings. The number of hydrogen-bond acceptors (Lipinski definition) is 2. The number of hydrogen-bond donors (Lipinski definition) is 1. The topological polar surface area (TPSA) is 23.5 Å². The predicted octanol–water partition coefficient (Wildman–Crippen LogP) is 2.84. The lowest BCUT2D eigenvalue weighted by atomic mass is 10.1. The number of aliphatic hydroxyl groups is 1. The third-order valence-electron chi connectivity index (χ3n) is 3.62. The number of likely N-dealkylation sites (tertiary alicyclic amines) is 1. The highest BCUT2D eigenvalue weighted by Crippen LogP contribution is 2.24. The largest absolute Gasteiger partial charge is 0.396 e. The average molecular weight is 273 g/mol. The van der Waals surface area contributed by atoms with Gasteiger partial charge in [-0.2, -0.15) is 0 Å². The molecular formula is C14H18F3NO. The molecule has 106 valence electrons. The van der Waals surface area contributed by atoms with Crippen molar-refractivity contribution in [1.82, 2.24) is 4.90 Å². The minimum atomic E-state index is -1.41. The molecule has 1 atom stereocenters. The predicted molar refractivity (Wildman–Crippen MR) is 66.1 cm³/mol. The second kappa shape index (κ2) is 6.39. The molecule has 5 heteroatoms. The van der Waals surface area contributed by atoms with Crippen molar-refractivity contribution in [3.63, 3.8) is 0 Å². The van der Waals surface area contributed by atoms with Crippen LogP contribution in [-0.2, 0) is 6.54 Å². The van der Waals surface area contributed by atoms with E-state index >= 15 is 0 Å². The maximum absolute atomic E-state index is 13.1. The van der Waals surface area contributed by atoms with Gasteiger partial charge in [-0.1, -0.05) is 0 Å². The zero-order valence-electron chi connectivity index (χ0n) is 10.7. The smallest absolute Gasteiger partial charge is 0.194 e. The van der Waals surface area contributed by atoms with Crippen LogP contribution in [0.2, 0.25) is 0 Å². The van der Waals surface area contributed by atoms with Gasteiger partial charge in [-0.25, -0.2) is 13.2 Å². The average Bonchev–Trinajstić information content (AvgIpc) is 2.80. The molecule has 1 aromatic rings. The van der Waals surface area contributed by atoms with Crippen LogP contribution < -0.4 is 0 Å². The molecule has 1 aromatic carbocycles. The van der Waals surface area contributed by atoms with Crippen molar-refractivity contribution in [1.29, 1.82) is 0 Å². The molecule has 1 heterocycles. The molecule has 0 aromatic heterocycles. The monoisotopic (exact) mass is 273 g/mol. The van der Waals surface area contributed by atoms with E-state index in [2.05, 4.69) is 4.90 Å². The molecule has 0 spiro atoms. The molecule has 1 aliphatic heterocycles. The maximum Gasteiger partial charge on any atom is 0.194 e. The number of halogens is 3. The van der Waals surface area contributed by atoms with E-state index < -0.39 is 17.5 Å². The van der Waals surface area contributed by atoms with Gasteiger partial charge in [0.25, 0.3) is 0 Å². The number of aliphatic hydroxyl groups excluding tert-OH is 1. The second-order valence-corrected chi connectivity index (χ2v) is 5.01. The Kier molecular flexibility index (Phi) is 4.82. The van der Waals surface area contributed by atoms with E-state index in [0.717, 1.165) is 44.4 Å². The van der Waals surface area contributed by atoms with Crippen molar-refractivity contribution in [2.24, 2.45) is 0 Å². The summed E-state index contributed by atoms with van der Waals surface area (Å²) in [6.07, 6.45) is 3.68. The standard InChI is InChI=1S/C14H18F3NO/c15-12-7-10(8-13(16)14(12)17)9-18-5-1-3-11(18)4-2-6-19/h7-8,11,19H,1-6,9H2. The van der Waals surface area contributed by atoms with E-state index in [1.807, 2.05) is 0 Å². The first-order valence-corrected chi connectivity index (χ1v) is 6.60. The van der Waals surface area contributed by atoms with Crippen molar-refractivity contribution < 1.29 is 18.3 Å². The minimum absolute atomic E-state index is 0.157. The van der Waals surface area contributed by atoms with Gasteiger partial charge in [0, 0.05) is 19.2 Å². The highest BCUT2D eigenvalue weighted by Gasteiger charge is 2.24. The summed E-state index contributed by atoms with van der Waals surface area (Å²) in [5, 5.41) is 8.85. The van der Waals surface area contributed by atoms with Crippen LogP contribution in [-0.4, -0.2) is 29.2 Å². The Morgan fingerprint density at radius 1 is 1.21 bits per heavy atom. The van der Waals surface area contributed by atoms with Gasteiger partial charge in [0.2, 0.25) is 0 Å². The molecule has 1 N–H and O–H groups in total. The van der Waals surface area contributed by atoms with Crippen molar-refractivity contribution in [2.45, 2.75) is 38.3 Å². The summed E-state index contributed by atoms with van der Waals surface area (Å²) < 4.78 is 39.2. The highest BCUT2D eigenvalue weighted by molar-refractivity contribution is 5.19. The first-order valence-electron chi connectivity index (χ1n) is 6.60. The van der Waals surface area contributed by atoms with Crippen LogP contribution in [0.15, 0.2) is 12.1 Å². The molecular weight excluding hydrogens is 255 g/mol. The lowest BCUT2D eigenvalue weighted by Crippen LogP contribution is -2.29. The van der Waals surface area contributed by atoms with Crippen LogP contribution in [0.3, 0.4) is 0 Å². The Labute approximate surface area is 110 Å². The molecule has 2 nitrogen and oxygen atoms in total. The fourth-order valence-electron chi connectivity index (χ4n) is 2.69. The second-order valence-electron chi connectivity index (χ2n) is 5.01. The molecule has 0 amide bonds. The van der Waals surface area contributed by atoms with Gasteiger partial charge in [-0.05, 0) is 49.9 Å². The van der Waals surface area contributed by atoms with Gasteiger partial charge < -0.3 is 5.11 Å². The quantitative estimate of drug-likeness (QED) is 0.834. The molecule has 1 saturated heterocycles. The van der Waals surface area contributed by atoms with Gasteiger partial charge in [0.05, 0.1) is 0 Å². The van der Waals surface area contributed by atoms with Gasteiger partial charge in [0.1, 0.15) is 0 Å². The zero-order chi connectivity index (χ0) is 13.8. The van der Waals surface area contributed by atoms with Crippen LogP contribution in [0, 0.1) is 17.5 Å². The van der Waals surface area contributed by atoms with Crippen LogP contribution >= 0.6 is 0 Å². The SMILES string of the molecule is OCCCC1CCCN1Cc1cc(F)c(F)c(F)c1. The third-order valence-corrected chi connectivity index (χ3v) is 3.62. The number of benzene rings is 1. The number of rotatable bonds is 5. The molecule has 0 radical (unpaired) electrons. The van der Waals surface area contributed by atoms with E-state index in [1.54, 1.807) is 0 Å². The summed E-state index contributed by atoms with van der Waals surface area (Å²) >= 11 is 0. The molecule has 19 heavy (non-hydrogen) atoms. The Balaban J connectivity index is 2.03. The Bertz CT molecular complexity index is 416. The summed E-state index contributed by atoms with van der Waals surface area (Å²) in [6, 6.07) is 2.45. The van der Waals surface area contributed by atoms with Gasteiger partial charge in [-0.15, -0.1) is 0 Å². The molecule has 0 bridgehead atoms. The molecule has 1 unspecified atom stereocenters. The van der Waals surface area contributed by atoms with Crippen LogP contribution in [0.4, 0.5) is 13.2 Å². The van der Waals surface area contributed by atoms with Crippen molar-refractivity contribution in [3.05, 3.63) is 35.1 Å². The van der Waals surface area contributed by atoms with Crippen molar-refractivity contribution >= 4 is 0 Å². The van der Waals surface area contributed by atoms with E-state index in [9.17, 15) is 13.2 Å². The van der Waals surface area contributed by atoms with E-state index in [1.165, 1.54) is 0 Å². The summed E-state index contributed by atoms with van der Waals surface area (Å²) in [4.78, 5) is 2.14. The maximum atomic E-state index is 13.1. The van der Waals surface area contributed by atoms with Crippen LogP contribution in [0.5, 0.6) is 0 Å². The summed E-state index contributed by atoms with van der Waals surface area (Å²) in [5.74, 6) is -3.69. The first kappa shape index (κ1) is 14.3. The van der Waals surface area contributed by atoms with Gasteiger partial charge >= 0.3 is 0 Å². The zero-order valence-corrected chi connectivity index (χ0v) is 10.7. The lowest BCUT2D eigenvalue weighted by molar-refractivity contribution is 0.209. The van der Waals surface area contributed by atoms with Crippen LogP contribution in [0.25, 0.3) is 0 Å². The summed E-state index contributed by atoms with van der Waals surface area (Å²) in [5.41, 5.74) is 0.451. The Morgan fingerprint density at radius 2 is 1.89 bits per heavy atom. The normalized spacial score (nSPS) is 20.1. The van der Waals surface area contributed by atoms with Gasteiger partial charge in [0.15, 0.2) is 17.5 Å². The molecule has 2 rings (SSSR count). The molecule has 0 aliphatic carbocycles. The molecule has 1 aliphatic rings. The van der Waals surface area contributed by atoms with E-state index in [4.69, 9.17) is 5.11 Å². The first-order chi connectivity index (χ1) is 9.11. The summed E-state index contributed by atoms with van der Waals surface area (Å²) in [6.45, 7) is 1.45. The fraction of sp³-hybridized carbons (Fsp3) is 0.571. The Morgan fingerprint density at radius 3 is 2.53 bits per heavy atom. The van der Waals surface area contributed by atoms with Crippen molar-refractivity contribution in [3.8, 4) is 0 Å². The lowest BCUT2D eigenvalue weighted by Gasteiger charge is -2.24. The van der Waals surface area contributed by atoms with Gasteiger partial charge in [-0.3, -0.25) is 4.90 Å². The van der Waals surface area contributed by atoms with Crippen LogP contribution in [0.1, 0.15) is 31.2 Å². The number of nitrogens with zero attached hydrogens (tertiary/aromatic N) is 1. The third kappa shape index (κ3) is 3.48. The van der Waals surface area contributed by atoms with Crippen molar-refractivity contribution in [2.75, 3.05) is 13.2 Å². The minimum Gasteiger partial charge on any atom is -0.396 e. The molecule has 0 saturated carbocycles.